The summed E-state index contributed by atoms with van der Waals surface area (Å²) in [5, 5.41) is 3.38. The Morgan fingerprint density at radius 3 is 2.19 bits per heavy atom. The molecule has 1 aromatic carbocycles. The van der Waals surface area contributed by atoms with Crippen molar-refractivity contribution in [2.24, 2.45) is 0 Å². The summed E-state index contributed by atoms with van der Waals surface area (Å²) in [7, 11) is 0.193. The first-order chi connectivity index (χ1) is 9.92. The Morgan fingerprint density at radius 2 is 1.76 bits per heavy atom. The van der Waals surface area contributed by atoms with E-state index in [0.717, 1.165) is 18.5 Å². The van der Waals surface area contributed by atoms with Gasteiger partial charge in [0.1, 0.15) is 21.3 Å². The molecule has 1 atom stereocenters. The zero-order valence-electron chi connectivity index (χ0n) is 13.2. The zero-order valence-corrected chi connectivity index (χ0v) is 14.0. The van der Waals surface area contributed by atoms with Crippen LogP contribution in [0, 0.1) is 0 Å². The van der Waals surface area contributed by atoms with E-state index >= 15 is 0 Å². The summed E-state index contributed by atoms with van der Waals surface area (Å²) in [4.78, 5) is 0. The molecule has 1 N–H and O–H groups in total. The second-order valence-corrected chi connectivity index (χ2v) is 7.26. The molecule has 21 heavy (non-hydrogen) atoms. The fraction of sp³-hybridized carbons (Fsp3) is 0.600. The van der Waals surface area contributed by atoms with Crippen LogP contribution in [0.15, 0.2) is 18.2 Å². The fourth-order valence-electron chi connectivity index (χ4n) is 2.22. The molecule has 0 aliphatic rings. The second kappa shape index (κ2) is 8.24. The number of benzene rings is 1. The van der Waals surface area contributed by atoms with E-state index in [-0.39, 0.29) is 11.8 Å². The van der Waals surface area contributed by atoms with Gasteiger partial charge in [-0.1, -0.05) is 13.0 Å². The number of ether oxygens (including phenoxy) is 2. The Bertz CT molecular complexity index is 520. The van der Waals surface area contributed by atoms with Crippen LogP contribution in [-0.2, 0) is 9.84 Å². The van der Waals surface area contributed by atoms with Crippen LogP contribution < -0.4 is 14.8 Å². The average molecular weight is 315 g/mol. The predicted octanol–water partition coefficient (Wildman–Crippen LogP) is 2.18. The molecule has 0 aliphatic heterocycles. The van der Waals surface area contributed by atoms with Crippen molar-refractivity contribution in [3.05, 3.63) is 23.8 Å². The van der Waals surface area contributed by atoms with Crippen LogP contribution in [0.5, 0.6) is 11.5 Å². The lowest BCUT2D eigenvalue weighted by Gasteiger charge is -2.23. The van der Waals surface area contributed by atoms with Crippen molar-refractivity contribution < 1.29 is 17.9 Å². The van der Waals surface area contributed by atoms with Crippen molar-refractivity contribution in [3.63, 3.8) is 0 Å². The van der Waals surface area contributed by atoms with Crippen LogP contribution >= 0.6 is 0 Å². The van der Waals surface area contributed by atoms with Gasteiger partial charge in [-0.3, -0.25) is 0 Å². The van der Waals surface area contributed by atoms with Gasteiger partial charge < -0.3 is 14.8 Å². The third-order valence-electron chi connectivity index (χ3n) is 3.23. The lowest BCUT2D eigenvalue weighted by atomic mass is 10.0. The topological polar surface area (TPSA) is 64.6 Å². The molecule has 0 radical (unpaired) electrons. The van der Waals surface area contributed by atoms with Crippen LogP contribution in [0.25, 0.3) is 0 Å². The summed E-state index contributed by atoms with van der Waals surface area (Å²) in [5.41, 5.74) is 0.875. The van der Waals surface area contributed by atoms with E-state index in [0.29, 0.717) is 17.9 Å². The number of methoxy groups -OCH3 is 2. The SMILES string of the molecule is CCCNC(CCS(C)(=O)=O)c1c(OC)cccc1OC. The van der Waals surface area contributed by atoms with Gasteiger partial charge in [-0.2, -0.15) is 0 Å². The summed E-state index contributed by atoms with van der Waals surface area (Å²) in [6.45, 7) is 2.87. The first-order valence-corrected chi connectivity index (χ1v) is 9.11. The monoisotopic (exact) mass is 315 g/mol. The largest absolute Gasteiger partial charge is 0.496 e. The fourth-order valence-corrected chi connectivity index (χ4v) is 2.89. The summed E-state index contributed by atoms with van der Waals surface area (Å²) in [5.74, 6) is 1.53. The Hall–Kier alpha value is -1.27. The van der Waals surface area contributed by atoms with Crippen LogP contribution in [0.2, 0.25) is 0 Å². The maximum atomic E-state index is 11.5. The third kappa shape index (κ3) is 5.55. The van der Waals surface area contributed by atoms with Crippen LogP contribution in [0.4, 0.5) is 0 Å². The second-order valence-electron chi connectivity index (χ2n) is 5.00. The molecular formula is C15H25NO4S. The molecule has 120 valence electrons. The summed E-state index contributed by atoms with van der Waals surface area (Å²) < 4.78 is 33.7. The van der Waals surface area contributed by atoms with Crippen molar-refractivity contribution in [2.75, 3.05) is 32.8 Å². The summed E-state index contributed by atoms with van der Waals surface area (Å²) >= 11 is 0. The van der Waals surface area contributed by atoms with Gasteiger partial charge in [0.2, 0.25) is 0 Å². The van der Waals surface area contributed by atoms with E-state index in [1.807, 2.05) is 18.2 Å². The minimum absolute atomic E-state index is 0.120. The average Bonchev–Trinajstić information content (AvgIpc) is 2.45. The highest BCUT2D eigenvalue weighted by atomic mass is 32.2. The molecule has 0 heterocycles. The lowest BCUT2D eigenvalue weighted by molar-refractivity contribution is 0.368. The van der Waals surface area contributed by atoms with Crippen molar-refractivity contribution in [2.45, 2.75) is 25.8 Å². The molecule has 0 spiro atoms. The van der Waals surface area contributed by atoms with Gasteiger partial charge >= 0.3 is 0 Å². The summed E-state index contributed by atoms with van der Waals surface area (Å²) in [6, 6.07) is 5.46. The standard InChI is InChI=1S/C15H25NO4S/c1-5-10-16-12(9-11-21(4,17)18)15-13(19-2)7-6-8-14(15)20-3/h6-8,12,16H,5,9-11H2,1-4H3. The predicted molar refractivity (Wildman–Crippen MR) is 84.9 cm³/mol. The molecule has 6 heteroatoms. The Labute approximate surface area is 127 Å². The Kier molecular flexibility index (Phi) is 6.98. The van der Waals surface area contributed by atoms with E-state index in [2.05, 4.69) is 12.2 Å². The molecular weight excluding hydrogens is 290 g/mol. The van der Waals surface area contributed by atoms with Crippen LogP contribution in [-0.4, -0.2) is 41.2 Å². The van der Waals surface area contributed by atoms with Gasteiger partial charge in [0.05, 0.1) is 25.5 Å². The molecule has 1 rings (SSSR count). The van der Waals surface area contributed by atoms with E-state index < -0.39 is 9.84 Å². The van der Waals surface area contributed by atoms with Gasteiger partial charge in [0.15, 0.2) is 0 Å². The number of hydrogen-bond donors (Lipinski definition) is 1. The minimum Gasteiger partial charge on any atom is -0.496 e. The number of hydrogen-bond acceptors (Lipinski definition) is 5. The minimum atomic E-state index is -3.01. The Morgan fingerprint density at radius 1 is 1.19 bits per heavy atom. The van der Waals surface area contributed by atoms with Crippen molar-refractivity contribution in [1.29, 1.82) is 0 Å². The quantitative estimate of drug-likeness (QED) is 0.756. The summed E-state index contributed by atoms with van der Waals surface area (Å²) in [6.07, 6.45) is 2.70. The molecule has 0 aliphatic carbocycles. The number of sulfone groups is 1. The molecule has 0 bridgehead atoms. The first kappa shape index (κ1) is 17.8. The maximum Gasteiger partial charge on any atom is 0.147 e. The van der Waals surface area contributed by atoms with Gasteiger partial charge in [0.25, 0.3) is 0 Å². The maximum absolute atomic E-state index is 11.5. The normalized spacial score (nSPS) is 13.0. The van der Waals surface area contributed by atoms with E-state index in [1.54, 1.807) is 14.2 Å². The van der Waals surface area contributed by atoms with Crippen molar-refractivity contribution in [1.82, 2.24) is 5.32 Å². The molecule has 0 aromatic heterocycles. The van der Waals surface area contributed by atoms with Gasteiger partial charge in [0, 0.05) is 12.3 Å². The molecule has 0 saturated heterocycles. The highest BCUT2D eigenvalue weighted by Gasteiger charge is 2.21. The molecule has 1 aromatic rings. The third-order valence-corrected chi connectivity index (χ3v) is 4.21. The smallest absolute Gasteiger partial charge is 0.147 e. The van der Waals surface area contributed by atoms with Crippen molar-refractivity contribution >= 4 is 9.84 Å². The van der Waals surface area contributed by atoms with Gasteiger partial charge in [-0.05, 0) is 31.5 Å². The number of nitrogens with one attached hydrogen (secondary N) is 1. The lowest BCUT2D eigenvalue weighted by Crippen LogP contribution is -2.25. The van der Waals surface area contributed by atoms with E-state index in [4.69, 9.17) is 9.47 Å². The Balaban J connectivity index is 3.11. The van der Waals surface area contributed by atoms with E-state index in [9.17, 15) is 8.42 Å². The van der Waals surface area contributed by atoms with Gasteiger partial charge in [-0.25, -0.2) is 8.42 Å². The highest BCUT2D eigenvalue weighted by molar-refractivity contribution is 7.90. The van der Waals surface area contributed by atoms with Gasteiger partial charge in [-0.15, -0.1) is 0 Å². The highest BCUT2D eigenvalue weighted by Crippen LogP contribution is 2.35. The van der Waals surface area contributed by atoms with Crippen molar-refractivity contribution in [3.8, 4) is 11.5 Å². The molecule has 0 fully saturated rings. The van der Waals surface area contributed by atoms with Crippen LogP contribution in [0.3, 0.4) is 0 Å². The molecule has 1 unspecified atom stereocenters. The molecule has 5 nitrogen and oxygen atoms in total. The zero-order chi connectivity index (χ0) is 15.9. The molecule has 0 amide bonds. The molecule has 0 saturated carbocycles. The number of rotatable bonds is 9. The van der Waals surface area contributed by atoms with Crippen LogP contribution in [0.1, 0.15) is 31.4 Å². The van der Waals surface area contributed by atoms with E-state index in [1.165, 1.54) is 6.26 Å². The first-order valence-electron chi connectivity index (χ1n) is 7.05.